The molecule has 72 valence electrons. The minimum absolute atomic E-state index is 0.493. The first-order chi connectivity index (χ1) is 6.59. The molecule has 3 nitrogen and oxygen atoms in total. The zero-order valence-electron chi connectivity index (χ0n) is 8.00. The van der Waals surface area contributed by atoms with Crippen LogP contribution in [-0.4, -0.2) is 9.97 Å². The predicted octanol–water partition coefficient (Wildman–Crippen LogP) is 2.48. The van der Waals surface area contributed by atoms with Gasteiger partial charge in [-0.3, -0.25) is 0 Å². The number of nitrogen functional groups attached to an aromatic ring is 1. The minimum atomic E-state index is 0.493. The molecule has 14 heavy (non-hydrogen) atoms. The summed E-state index contributed by atoms with van der Waals surface area (Å²) in [4.78, 5) is 8.39. The van der Waals surface area contributed by atoms with Crippen LogP contribution in [0.3, 0.4) is 0 Å². The SMILES string of the molecule is Cc1nc(N)c2c(C)ccc(Cl)c2n1. The van der Waals surface area contributed by atoms with E-state index in [0.29, 0.717) is 16.7 Å². The molecule has 0 atom stereocenters. The number of hydrogen-bond donors (Lipinski definition) is 1. The average Bonchev–Trinajstić information content (AvgIpc) is 2.10. The number of nitrogens with two attached hydrogens (primary N) is 1. The van der Waals surface area contributed by atoms with Crippen LogP contribution in [0.25, 0.3) is 10.9 Å². The highest BCUT2D eigenvalue weighted by Crippen LogP contribution is 2.27. The zero-order valence-corrected chi connectivity index (χ0v) is 8.76. The summed E-state index contributed by atoms with van der Waals surface area (Å²) in [5, 5.41) is 1.46. The van der Waals surface area contributed by atoms with Gasteiger partial charge in [-0.25, -0.2) is 9.97 Å². The lowest BCUT2D eigenvalue weighted by Gasteiger charge is -2.06. The molecule has 0 spiro atoms. The van der Waals surface area contributed by atoms with Crippen LogP contribution in [0, 0.1) is 13.8 Å². The fourth-order valence-electron chi connectivity index (χ4n) is 1.52. The number of anilines is 1. The number of rotatable bonds is 0. The highest BCUT2D eigenvalue weighted by molar-refractivity contribution is 6.35. The summed E-state index contributed by atoms with van der Waals surface area (Å²) in [6.07, 6.45) is 0. The fourth-order valence-corrected chi connectivity index (χ4v) is 1.72. The Kier molecular flexibility index (Phi) is 2.04. The van der Waals surface area contributed by atoms with Crippen LogP contribution >= 0.6 is 11.6 Å². The Balaban J connectivity index is 3.00. The topological polar surface area (TPSA) is 51.8 Å². The molecule has 0 saturated carbocycles. The molecule has 0 amide bonds. The molecule has 4 heteroatoms. The lowest BCUT2D eigenvalue weighted by molar-refractivity contribution is 1.10. The van der Waals surface area contributed by atoms with Gasteiger partial charge >= 0.3 is 0 Å². The highest BCUT2D eigenvalue weighted by Gasteiger charge is 2.08. The normalized spacial score (nSPS) is 10.8. The third kappa shape index (κ3) is 1.30. The van der Waals surface area contributed by atoms with E-state index in [9.17, 15) is 0 Å². The fraction of sp³-hybridized carbons (Fsp3) is 0.200. The first-order valence-electron chi connectivity index (χ1n) is 4.28. The molecule has 1 heterocycles. The lowest BCUT2D eigenvalue weighted by atomic mass is 10.1. The number of fused-ring (bicyclic) bond motifs is 1. The second-order valence-corrected chi connectivity index (χ2v) is 3.65. The summed E-state index contributed by atoms with van der Waals surface area (Å²) >= 11 is 6.03. The Hall–Kier alpha value is -1.35. The van der Waals surface area contributed by atoms with E-state index in [1.54, 1.807) is 6.92 Å². The molecule has 0 aliphatic rings. The Morgan fingerprint density at radius 2 is 1.93 bits per heavy atom. The third-order valence-electron chi connectivity index (χ3n) is 2.15. The van der Waals surface area contributed by atoms with E-state index in [-0.39, 0.29) is 0 Å². The number of aryl methyl sites for hydroxylation is 2. The molecule has 1 aromatic heterocycles. The van der Waals surface area contributed by atoms with Gasteiger partial charge in [0, 0.05) is 5.39 Å². The lowest BCUT2D eigenvalue weighted by Crippen LogP contribution is -1.99. The van der Waals surface area contributed by atoms with Gasteiger partial charge in [0.25, 0.3) is 0 Å². The summed E-state index contributed by atoms with van der Waals surface area (Å²) in [7, 11) is 0. The number of hydrogen-bond acceptors (Lipinski definition) is 3. The van der Waals surface area contributed by atoms with Gasteiger partial charge < -0.3 is 5.73 Å². The highest BCUT2D eigenvalue weighted by atomic mass is 35.5. The van der Waals surface area contributed by atoms with Crippen LogP contribution < -0.4 is 5.73 Å². The third-order valence-corrected chi connectivity index (χ3v) is 2.45. The second kappa shape index (κ2) is 3.10. The predicted molar refractivity (Wildman–Crippen MR) is 58.4 cm³/mol. The van der Waals surface area contributed by atoms with Crippen molar-refractivity contribution < 1.29 is 0 Å². The molecule has 0 bridgehead atoms. The van der Waals surface area contributed by atoms with E-state index in [1.807, 2.05) is 19.1 Å². The van der Waals surface area contributed by atoms with Gasteiger partial charge in [0.1, 0.15) is 11.6 Å². The van der Waals surface area contributed by atoms with Crippen molar-refractivity contribution in [2.24, 2.45) is 0 Å². The van der Waals surface area contributed by atoms with Crippen LogP contribution in [0.15, 0.2) is 12.1 Å². The van der Waals surface area contributed by atoms with Crippen molar-refractivity contribution in [2.45, 2.75) is 13.8 Å². The monoisotopic (exact) mass is 207 g/mol. The van der Waals surface area contributed by atoms with Crippen LogP contribution in [0.2, 0.25) is 5.02 Å². The Morgan fingerprint density at radius 3 is 2.64 bits per heavy atom. The van der Waals surface area contributed by atoms with Crippen molar-refractivity contribution in [2.75, 3.05) is 5.73 Å². The van der Waals surface area contributed by atoms with Crippen molar-refractivity contribution in [3.63, 3.8) is 0 Å². The first kappa shape index (κ1) is 9.21. The van der Waals surface area contributed by atoms with Gasteiger partial charge in [0.2, 0.25) is 0 Å². The summed E-state index contributed by atoms with van der Waals surface area (Å²) in [5.41, 5.74) is 7.59. The molecule has 1 aromatic carbocycles. The van der Waals surface area contributed by atoms with E-state index < -0.39 is 0 Å². The van der Waals surface area contributed by atoms with Crippen molar-refractivity contribution in [3.05, 3.63) is 28.5 Å². The maximum absolute atomic E-state index is 6.03. The van der Waals surface area contributed by atoms with Crippen molar-refractivity contribution in [1.82, 2.24) is 9.97 Å². The van der Waals surface area contributed by atoms with Gasteiger partial charge in [-0.05, 0) is 25.5 Å². The van der Waals surface area contributed by atoms with Gasteiger partial charge in [-0.1, -0.05) is 17.7 Å². The molecule has 2 N–H and O–H groups in total. The van der Waals surface area contributed by atoms with Gasteiger partial charge in [-0.2, -0.15) is 0 Å². The Morgan fingerprint density at radius 1 is 1.21 bits per heavy atom. The molecule has 0 fully saturated rings. The van der Waals surface area contributed by atoms with Crippen molar-refractivity contribution in [3.8, 4) is 0 Å². The molecule has 0 saturated heterocycles. The summed E-state index contributed by atoms with van der Waals surface area (Å²) in [6.45, 7) is 3.77. The number of aromatic nitrogens is 2. The maximum Gasteiger partial charge on any atom is 0.135 e. The summed E-state index contributed by atoms with van der Waals surface area (Å²) < 4.78 is 0. The number of nitrogens with zero attached hydrogens (tertiary/aromatic N) is 2. The quantitative estimate of drug-likeness (QED) is 0.722. The van der Waals surface area contributed by atoms with E-state index >= 15 is 0 Å². The smallest absolute Gasteiger partial charge is 0.135 e. The van der Waals surface area contributed by atoms with Crippen molar-refractivity contribution >= 4 is 28.3 Å². The van der Waals surface area contributed by atoms with E-state index in [4.69, 9.17) is 17.3 Å². The molecule has 2 rings (SSSR count). The second-order valence-electron chi connectivity index (χ2n) is 3.24. The van der Waals surface area contributed by atoms with Crippen LogP contribution in [-0.2, 0) is 0 Å². The van der Waals surface area contributed by atoms with Gasteiger partial charge in [0.05, 0.1) is 10.5 Å². The van der Waals surface area contributed by atoms with Crippen LogP contribution in [0.1, 0.15) is 11.4 Å². The number of halogens is 1. The maximum atomic E-state index is 6.03. The molecule has 0 radical (unpaired) electrons. The van der Waals surface area contributed by atoms with E-state index in [2.05, 4.69) is 9.97 Å². The van der Waals surface area contributed by atoms with Crippen molar-refractivity contribution in [1.29, 1.82) is 0 Å². The van der Waals surface area contributed by atoms with Gasteiger partial charge in [-0.15, -0.1) is 0 Å². The van der Waals surface area contributed by atoms with E-state index in [0.717, 1.165) is 16.5 Å². The Labute approximate surface area is 86.9 Å². The van der Waals surface area contributed by atoms with Crippen LogP contribution in [0.5, 0.6) is 0 Å². The molecule has 2 aromatic rings. The van der Waals surface area contributed by atoms with Gasteiger partial charge in [0.15, 0.2) is 0 Å². The summed E-state index contributed by atoms with van der Waals surface area (Å²) in [5.74, 6) is 1.13. The van der Waals surface area contributed by atoms with Crippen LogP contribution in [0.4, 0.5) is 5.82 Å². The number of benzene rings is 1. The molecule has 0 aliphatic heterocycles. The zero-order chi connectivity index (χ0) is 10.3. The average molecular weight is 208 g/mol. The molecular formula is C10H10ClN3. The first-order valence-corrected chi connectivity index (χ1v) is 4.66. The molecular weight excluding hydrogens is 198 g/mol. The van der Waals surface area contributed by atoms with E-state index in [1.165, 1.54) is 0 Å². The summed E-state index contributed by atoms with van der Waals surface area (Å²) in [6, 6.07) is 3.74. The minimum Gasteiger partial charge on any atom is -0.383 e. The Bertz CT molecular complexity index is 508. The largest absolute Gasteiger partial charge is 0.383 e. The molecule has 0 aliphatic carbocycles. The molecule has 0 unspecified atom stereocenters. The standard InChI is InChI=1S/C10H10ClN3/c1-5-3-4-7(11)9-8(5)10(12)14-6(2)13-9/h3-4H,1-2H3,(H2,12,13,14).